The quantitative estimate of drug-likeness (QED) is 0.877. The van der Waals surface area contributed by atoms with Gasteiger partial charge in [-0.3, -0.25) is 4.99 Å². The lowest BCUT2D eigenvalue weighted by Gasteiger charge is -2.36. The molecule has 1 aromatic heterocycles. The lowest BCUT2D eigenvalue weighted by Crippen LogP contribution is -2.46. The van der Waals surface area contributed by atoms with Crippen LogP contribution in [0, 0.1) is 0 Å². The fraction of sp³-hybridized carbons (Fsp3) is 0.312. The Balaban J connectivity index is 1.90. The van der Waals surface area contributed by atoms with Crippen molar-refractivity contribution in [1.82, 2.24) is 4.90 Å². The van der Waals surface area contributed by atoms with E-state index in [2.05, 4.69) is 64.9 Å². The molecule has 1 unspecified atom stereocenters. The van der Waals surface area contributed by atoms with Gasteiger partial charge in [0.25, 0.3) is 0 Å². The van der Waals surface area contributed by atoms with Gasteiger partial charge in [0.1, 0.15) is 0 Å². The van der Waals surface area contributed by atoms with E-state index in [4.69, 9.17) is 5.73 Å². The number of nitrogens with zero attached hydrogens (tertiary/aromatic N) is 2. The van der Waals surface area contributed by atoms with Gasteiger partial charge in [0.05, 0.1) is 18.6 Å². The molecule has 0 saturated heterocycles. The summed E-state index contributed by atoms with van der Waals surface area (Å²) in [6.07, 6.45) is 2.09. The van der Waals surface area contributed by atoms with Crippen molar-refractivity contribution in [3.05, 3.63) is 52.2 Å². The standard InChI is InChI=1S/C16H19N3S2/c1-16(12-5-7-13(20-2)8-6-12)11-18-15(17)19(16)10-14-4-3-9-21-14/h3-9H,10-11H2,1-2H3,(H2,17,18). The number of benzene rings is 1. The van der Waals surface area contributed by atoms with E-state index in [1.165, 1.54) is 15.3 Å². The van der Waals surface area contributed by atoms with E-state index in [-0.39, 0.29) is 5.54 Å². The molecule has 21 heavy (non-hydrogen) atoms. The van der Waals surface area contributed by atoms with Crippen LogP contribution in [0.3, 0.4) is 0 Å². The number of nitrogens with two attached hydrogens (primary N) is 1. The molecule has 3 nitrogen and oxygen atoms in total. The maximum atomic E-state index is 6.14. The fourth-order valence-electron chi connectivity index (χ4n) is 2.67. The highest BCUT2D eigenvalue weighted by atomic mass is 32.2. The topological polar surface area (TPSA) is 41.6 Å². The average Bonchev–Trinajstić information content (AvgIpc) is 3.12. The van der Waals surface area contributed by atoms with Crippen LogP contribution in [0.1, 0.15) is 17.4 Å². The first kappa shape index (κ1) is 14.5. The molecule has 1 aliphatic heterocycles. The Morgan fingerprint density at radius 3 is 2.71 bits per heavy atom. The minimum absolute atomic E-state index is 0.162. The van der Waals surface area contributed by atoms with Gasteiger partial charge in [0, 0.05) is 9.77 Å². The summed E-state index contributed by atoms with van der Waals surface area (Å²) in [7, 11) is 0. The number of rotatable bonds is 4. The molecule has 0 radical (unpaired) electrons. The van der Waals surface area contributed by atoms with Gasteiger partial charge in [-0.25, -0.2) is 0 Å². The van der Waals surface area contributed by atoms with Crippen LogP contribution < -0.4 is 5.73 Å². The fourth-order valence-corrected chi connectivity index (χ4v) is 3.77. The van der Waals surface area contributed by atoms with Crippen LogP contribution in [-0.4, -0.2) is 23.7 Å². The van der Waals surface area contributed by atoms with E-state index in [0.717, 1.165) is 6.54 Å². The van der Waals surface area contributed by atoms with Crippen LogP contribution >= 0.6 is 23.1 Å². The summed E-state index contributed by atoms with van der Waals surface area (Å²) < 4.78 is 0. The molecule has 2 N–H and O–H groups in total. The SMILES string of the molecule is CSc1ccc(C2(C)CN=C(N)N2Cc2cccs2)cc1. The Bertz CT molecular complexity index is 634. The molecular weight excluding hydrogens is 298 g/mol. The third-order valence-electron chi connectivity index (χ3n) is 4.03. The van der Waals surface area contributed by atoms with E-state index in [9.17, 15) is 0 Å². The lowest BCUT2D eigenvalue weighted by molar-refractivity contribution is 0.219. The summed E-state index contributed by atoms with van der Waals surface area (Å²) in [6, 6.07) is 13.0. The van der Waals surface area contributed by atoms with Gasteiger partial charge in [0.2, 0.25) is 0 Å². The third kappa shape index (κ3) is 2.68. The Morgan fingerprint density at radius 1 is 1.33 bits per heavy atom. The molecule has 2 aromatic rings. The predicted molar refractivity (Wildman–Crippen MR) is 91.9 cm³/mol. The van der Waals surface area contributed by atoms with Gasteiger partial charge in [-0.15, -0.1) is 23.1 Å². The molecule has 0 saturated carbocycles. The second-order valence-electron chi connectivity index (χ2n) is 5.34. The molecule has 0 spiro atoms. The second-order valence-corrected chi connectivity index (χ2v) is 7.25. The van der Waals surface area contributed by atoms with Crippen molar-refractivity contribution in [3.8, 4) is 0 Å². The minimum Gasteiger partial charge on any atom is -0.370 e. The molecule has 0 fully saturated rings. The van der Waals surface area contributed by atoms with Gasteiger partial charge < -0.3 is 10.6 Å². The molecule has 1 aromatic carbocycles. The van der Waals surface area contributed by atoms with E-state index in [1.807, 2.05) is 0 Å². The third-order valence-corrected chi connectivity index (χ3v) is 5.63. The van der Waals surface area contributed by atoms with Crippen LogP contribution in [0.4, 0.5) is 0 Å². The molecule has 3 rings (SSSR count). The average molecular weight is 317 g/mol. The Kier molecular flexibility index (Phi) is 3.95. The smallest absolute Gasteiger partial charge is 0.192 e. The van der Waals surface area contributed by atoms with Gasteiger partial charge >= 0.3 is 0 Å². The summed E-state index contributed by atoms with van der Waals surface area (Å²) in [5.41, 5.74) is 7.24. The molecule has 1 atom stereocenters. The number of guanidine groups is 1. The zero-order valence-corrected chi connectivity index (χ0v) is 13.9. The zero-order valence-electron chi connectivity index (χ0n) is 12.2. The molecule has 0 amide bonds. The molecule has 5 heteroatoms. The predicted octanol–water partition coefficient (Wildman–Crippen LogP) is 3.52. The zero-order chi connectivity index (χ0) is 14.9. The molecule has 0 bridgehead atoms. The first-order valence-corrected chi connectivity index (χ1v) is 8.98. The van der Waals surface area contributed by atoms with E-state index in [0.29, 0.717) is 12.5 Å². The molecular formula is C16H19N3S2. The van der Waals surface area contributed by atoms with Crippen molar-refractivity contribution in [1.29, 1.82) is 0 Å². The van der Waals surface area contributed by atoms with Crippen LogP contribution in [0.5, 0.6) is 0 Å². The van der Waals surface area contributed by atoms with Crippen LogP contribution in [0.25, 0.3) is 0 Å². The van der Waals surface area contributed by atoms with Crippen molar-refractivity contribution in [2.75, 3.05) is 12.8 Å². The molecule has 1 aliphatic rings. The van der Waals surface area contributed by atoms with Gasteiger partial charge in [-0.2, -0.15) is 0 Å². The minimum atomic E-state index is -0.162. The summed E-state index contributed by atoms with van der Waals surface area (Å²) >= 11 is 3.52. The summed E-state index contributed by atoms with van der Waals surface area (Å²) in [6.45, 7) is 3.74. The maximum Gasteiger partial charge on any atom is 0.192 e. The number of hydrogen-bond acceptors (Lipinski definition) is 5. The molecule has 110 valence electrons. The number of thiophene rings is 1. The summed E-state index contributed by atoms with van der Waals surface area (Å²) in [5, 5.41) is 2.10. The second kappa shape index (κ2) is 5.73. The molecule has 2 heterocycles. The van der Waals surface area contributed by atoms with Crippen molar-refractivity contribution >= 4 is 29.1 Å². The van der Waals surface area contributed by atoms with Gasteiger partial charge in [0.15, 0.2) is 5.96 Å². The van der Waals surface area contributed by atoms with Gasteiger partial charge in [-0.05, 0) is 42.3 Å². The summed E-state index contributed by atoms with van der Waals surface area (Å²) in [4.78, 5) is 9.29. The summed E-state index contributed by atoms with van der Waals surface area (Å²) in [5.74, 6) is 0.639. The van der Waals surface area contributed by atoms with E-state index < -0.39 is 0 Å². The first-order chi connectivity index (χ1) is 10.1. The van der Waals surface area contributed by atoms with Crippen molar-refractivity contribution in [3.63, 3.8) is 0 Å². The Hall–Kier alpha value is -1.46. The van der Waals surface area contributed by atoms with E-state index in [1.54, 1.807) is 23.1 Å². The highest BCUT2D eigenvalue weighted by Crippen LogP contribution is 2.35. The maximum absolute atomic E-state index is 6.14. The normalized spacial score (nSPS) is 21.6. The van der Waals surface area contributed by atoms with Crippen LogP contribution in [-0.2, 0) is 12.1 Å². The number of aliphatic imine (C=N–C) groups is 1. The van der Waals surface area contributed by atoms with Crippen molar-refractivity contribution < 1.29 is 0 Å². The van der Waals surface area contributed by atoms with Gasteiger partial charge in [-0.1, -0.05) is 18.2 Å². The van der Waals surface area contributed by atoms with Crippen LogP contribution in [0.15, 0.2) is 51.7 Å². The first-order valence-electron chi connectivity index (χ1n) is 6.88. The Labute approximate surface area is 133 Å². The van der Waals surface area contributed by atoms with Crippen molar-refractivity contribution in [2.24, 2.45) is 10.7 Å². The monoisotopic (exact) mass is 317 g/mol. The highest BCUT2D eigenvalue weighted by molar-refractivity contribution is 7.98. The number of thioether (sulfide) groups is 1. The Morgan fingerprint density at radius 2 is 2.10 bits per heavy atom. The highest BCUT2D eigenvalue weighted by Gasteiger charge is 2.39. The van der Waals surface area contributed by atoms with Crippen LogP contribution in [0.2, 0.25) is 0 Å². The number of hydrogen-bond donors (Lipinski definition) is 1. The molecule has 0 aliphatic carbocycles. The lowest BCUT2D eigenvalue weighted by atomic mass is 9.91. The largest absolute Gasteiger partial charge is 0.370 e. The van der Waals surface area contributed by atoms with E-state index >= 15 is 0 Å². The van der Waals surface area contributed by atoms with Crippen molar-refractivity contribution in [2.45, 2.75) is 23.9 Å².